The third kappa shape index (κ3) is 2.96. The zero-order valence-corrected chi connectivity index (χ0v) is 9.03. The van der Waals surface area contributed by atoms with Gasteiger partial charge in [-0.1, -0.05) is 37.6 Å². The predicted molar refractivity (Wildman–Crippen MR) is 54.7 cm³/mol. The van der Waals surface area contributed by atoms with Gasteiger partial charge in [0.2, 0.25) is 0 Å². The van der Waals surface area contributed by atoms with E-state index in [0.717, 1.165) is 6.07 Å². The Morgan fingerprint density at radius 1 is 1.00 bits per heavy atom. The highest BCUT2D eigenvalue weighted by Gasteiger charge is 2.59. The SMILES string of the molecule is [CH2]CCCc1ccccc1C(F)(F)C(F)(F)F. The molecule has 0 aromatic heterocycles. The van der Waals surface area contributed by atoms with Gasteiger partial charge in [-0.3, -0.25) is 0 Å². The van der Waals surface area contributed by atoms with E-state index in [4.69, 9.17) is 0 Å². The van der Waals surface area contributed by atoms with Gasteiger partial charge < -0.3 is 0 Å². The first-order valence-electron chi connectivity index (χ1n) is 5.13. The molecular weight excluding hydrogens is 239 g/mol. The van der Waals surface area contributed by atoms with Crippen molar-refractivity contribution in [3.05, 3.63) is 42.3 Å². The van der Waals surface area contributed by atoms with Gasteiger partial charge in [0.15, 0.2) is 0 Å². The maximum Gasteiger partial charge on any atom is 0.458 e. The van der Waals surface area contributed by atoms with Gasteiger partial charge in [0.25, 0.3) is 0 Å². The van der Waals surface area contributed by atoms with Crippen molar-refractivity contribution in [2.24, 2.45) is 0 Å². The fourth-order valence-corrected chi connectivity index (χ4v) is 1.51. The normalized spacial score (nSPS) is 12.8. The van der Waals surface area contributed by atoms with E-state index in [0.29, 0.717) is 12.8 Å². The number of benzene rings is 1. The molecule has 1 aromatic carbocycles. The monoisotopic (exact) mass is 251 g/mol. The molecule has 0 saturated heterocycles. The molecule has 1 radical (unpaired) electrons. The summed E-state index contributed by atoms with van der Waals surface area (Å²) in [7, 11) is 0. The summed E-state index contributed by atoms with van der Waals surface area (Å²) < 4.78 is 63.2. The van der Waals surface area contributed by atoms with Gasteiger partial charge in [-0.25, -0.2) is 0 Å². The first kappa shape index (κ1) is 13.9. The molecule has 0 fully saturated rings. The minimum absolute atomic E-state index is 0.0264. The van der Waals surface area contributed by atoms with E-state index in [-0.39, 0.29) is 12.0 Å². The largest absolute Gasteiger partial charge is 0.458 e. The van der Waals surface area contributed by atoms with Gasteiger partial charge in [-0.2, -0.15) is 22.0 Å². The summed E-state index contributed by atoms with van der Waals surface area (Å²) >= 11 is 0. The van der Waals surface area contributed by atoms with E-state index >= 15 is 0 Å². The predicted octanol–water partition coefficient (Wildman–Crippen LogP) is 4.50. The lowest BCUT2D eigenvalue weighted by Crippen LogP contribution is -2.34. The van der Waals surface area contributed by atoms with Gasteiger partial charge in [-0.15, -0.1) is 0 Å². The third-order valence-electron chi connectivity index (χ3n) is 2.41. The van der Waals surface area contributed by atoms with E-state index in [9.17, 15) is 22.0 Å². The molecule has 0 saturated carbocycles. The quantitative estimate of drug-likeness (QED) is 0.691. The lowest BCUT2D eigenvalue weighted by atomic mass is 9.97. The Morgan fingerprint density at radius 2 is 1.59 bits per heavy atom. The maximum absolute atomic E-state index is 13.2. The topological polar surface area (TPSA) is 0 Å². The summed E-state index contributed by atoms with van der Waals surface area (Å²) in [6, 6.07) is 4.76. The Labute approximate surface area is 96.4 Å². The average Bonchev–Trinajstić information content (AvgIpc) is 2.25. The van der Waals surface area contributed by atoms with Crippen LogP contribution in [0.3, 0.4) is 0 Å². The highest BCUT2D eigenvalue weighted by molar-refractivity contribution is 5.32. The second-order valence-electron chi connectivity index (χ2n) is 3.69. The van der Waals surface area contributed by atoms with Crippen molar-refractivity contribution in [3.8, 4) is 0 Å². The Hall–Kier alpha value is -1.13. The van der Waals surface area contributed by atoms with Gasteiger partial charge in [0.05, 0.1) is 0 Å². The summed E-state index contributed by atoms with van der Waals surface area (Å²) in [4.78, 5) is 0. The van der Waals surface area contributed by atoms with Crippen LogP contribution in [0.1, 0.15) is 24.0 Å². The van der Waals surface area contributed by atoms with Crippen LogP contribution in [0.25, 0.3) is 0 Å². The standard InChI is InChI=1S/C12H12F5/c1-2-3-6-9-7-4-5-8-10(9)11(13,14)12(15,16)17/h4-5,7-8H,1-3,6H2. The Balaban J connectivity index is 3.12. The number of alkyl halides is 5. The molecular formula is C12H12F5. The lowest BCUT2D eigenvalue weighted by molar-refractivity contribution is -0.289. The lowest BCUT2D eigenvalue weighted by Gasteiger charge is -2.22. The zero-order chi connectivity index (χ0) is 13.1. The number of hydrogen-bond donors (Lipinski definition) is 0. The smallest absolute Gasteiger partial charge is 0.191 e. The van der Waals surface area contributed by atoms with Crippen molar-refractivity contribution in [1.29, 1.82) is 0 Å². The van der Waals surface area contributed by atoms with Crippen LogP contribution in [0.15, 0.2) is 24.3 Å². The van der Waals surface area contributed by atoms with E-state index in [1.165, 1.54) is 18.2 Å². The minimum atomic E-state index is -5.56. The number of hydrogen-bond acceptors (Lipinski definition) is 0. The van der Waals surface area contributed by atoms with Gasteiger partial charge >= 0.3 is 12.1 Å². The van der Waals surface area contributed by atoms with Crippen molar-refractivity contribution in [2.75, 3.05) is 0 Å². The van der Waals surface area contributed by atoms with E-state index in [2.05, 4.69) is 6.92 Å². The first-order chi connectivity index (χ1) is 7.80. The van der Waals surface area contributed by atoms with E-state index < -0.39 is 17.7 Å². The summed E-state index contributed by atoms with van der Waals surface area (Å²) in [6.07, 6.45) is -4.42. The number of unbranched alkanes of at least 4 members (excludes halogenated alkanes) is 1. The summed E-state index contributed by atoms with van der Waals surface area (Å²) in [5.74, 6) is -4.80. The molecule has 0 bridgehead atoms. The van der Waals surface area contributed by atoms with Crippen LogP contribution in [0.2, 0.25) is 0 Å². The molecule has 95 valence electrons. The third-order valence-corrected chi connectivity index (χ3v) is 2.41. The van der Waals surface area contributed by atoms with Crippen LogP contribution in [0.4, 0.5) is 22.0 Å². The molecule has 17 heavy (non-hydrogen) atoms. The molecule has 1 rings (SSSR count). The molecule has 5 heteroatoms. The van der Waals surface area contributed by atoms with Crippen molar-refractivity contribution >= 4 is 0 Å². The number of halogens is 5. The van der Waals surface area contributed by atoms with Crippen LogP contribution in [0.5, 0.6) is 0 Å². The van der Waals surface area contributed by atoms with Crippen molar-refractivity contribution < 1.29 is 22.0 Å². The number of rotatable bonds is 4. The van der Waals surface area contributed by atoms with Crippen molar-refractivity contribution in [1.82, 2.24) is 0 Å². The van der Waals surface area contributed by atoms with Gasteiger partial charge in [-0.05, 0) is 18.4 Å². The highest BCUT2D eigenvalue weighted by Crippen LogP contribution is 2.45. The Morgan fingerprint density at radius 3 is 2.12 bits per heavy atom. The Bertz CT molecular complexity index is 367. The van der Waals surface area contributed by atoms with Crippen molar-refractivity contribution in [2.45, 2.75) is 31.4 Å². The molecule has 1 aromatic rings. The van der Waals surface area contributed by atoms with Crippen molar-refractivity contribution in [3.63, 3.8) is 0 Å². The maximum atomic E-state index is 13.2. The van der Waals surface area contributed by atoms with Crippen LogP contribution >= 0.6 is 0 Å². The average molecular weight is 251 g/mol. The molecule has 0 atom stereocenters. The van der Waals surface area contributed by atoms with E-state index in [1.54, 1.807) is 0 Å². The Kier molecular flexibility index (Phi) is 4.11. The second-order valence-corrected chi connectivity index (χ2v) is 3.69. The van der Waals surface area contributed by atoms with Crippen LogP contribution in [-0.2, 0) is 12.3 Å². The molecule has 0 aliphatic rings. The minimum Gasteiger partial charge on any atom is -0.191 e. The molecule has 0 amide bonds. The second kappa shape index (κ2) is 5.02. The van der Waals surface area contributed by atoms with Crippen LogP contribution in [-0.4, -0.2) is 6.18 Å². The van der Waals surface area contributed by atoms with Crippen LogP contribution < -0.4 is 0 Å². The molecule has 0 aliphatic heterocycles. The van der Waals surface area contributed by atoms with Gasteiger partial charge in [0, 0.05) is 5.56 Å². The highest BCUT2D eigenvalue weighted by atomic mass is 19.4. The van der Waals surface area contributed by atoms with Crippen LogP contribution in [0, 0.1) is 6.92 Å². The molecule has 0 spiro atoms. The van der Waals surface area contributed by atoms with Gasteiger partial charge in [0.1, 0.15) is 0 Å². The fraction of sp³-hybridized carbons (Fsp3) is 0.417. The summed E-state index contributed by atoms with van der Waals surface area (Å²) in [5.41, 5.74) is -0.931. The van der Waals surface area contributed by atoms with E-state index in [1.807, 2.05) is 0 Å². The molecule has 0 nitrogen and oxygen atoms in total. The first-order valence-corrected chi connectivity index (χ1v) is 5.13. The molecule has 0 unspecified atom stereocenters. The number of aryl methyl sites for hydroxylation is 1. The summed E-state index contributed by atoms with van der Waals surface area (Å²) in [5, 5.41) is 0. The fourth-order valence-electron chi connectivity index (χ4n) is 1.51. The zero-order valence-electron chi connectivity index (χ0n) is 9.03. The molecule has 0 N–H and O–H groups in total. The molecule has 0 aliphatic carbocycles. The summed E-state index contributed by atoms with van der Waals surface area (Å²) in [6.45, 7) is 3.53. The molecule has 0 heterocycles.